The van der Waals surface area contributed by atoms with E-state index in [1.165, 1.54) is 17.0 Å². The van der Waals surface area contributed by atoms with Crippen LogP contribution in [-0.2, 0) is 32.6 Å². The number of halogens is 1. The highest BCUT2D eigenvalue weighted by molar-refractivity contribution is 7.92. The summed E-state index contributed by atoms with van der Waals surface area (Å²) in [4.78, 5) is 30.1. The Bertz CT molecular complexity index is 1740. The number of rotatable bonds is 13. The maximum atomic E-state index is 14.6. The quantitative estimate of drug-likeness (QED) is 0.168. The van der Waals surface area contributed by atoms with E-state index < -0.39 is 34.1 Å². The van der Waals surface area contributed by atoms with Crippen LogP contribution in [0.25, 0.3) is 0 Å². The number of aryl methyl sites for hydroxylation is 1. The Hall–Kier alpha value is -4.34. The molecule has 10 heteroatoms. The summed E-state index contributed by atoms with van der Waals surface area (Å²) >= 11 is 6.16. The molecule has 0 aromatic heterocycles. The molecule has 4 rings (SSSR count). The van der Waals surface area contributed by atoms with Crippen LogP contribution < -0.4 is 14.4 Å². The Labute approximate surface area is 283 Å². The predicted octanol–water partition coefficient (Wildman–Crippen LogP) is 6.80. The lowest BCUT2D eigenvalue weighted by molar-refractivity contribution is -0.140. The lowest BCUT2D eigenvalue weighted by Crippen LogP contribution is -2.56. The van der Waals surface area contributed by atoms with Gasteiger partial charge >= 0.3 is 0 Å². The second kappa shape index (κ2) is 15.5. The Kier molecular flexibility index (Phi) is 11.7. The molecule has 1 atom stereocenters. The van der Waals surface area contributed by atoms with E-state index in [9.17, 15) is 18.0 Å². The molecule has 4 aromatic carbocycles. The summed E-state index contributed by atoms with van der Waals surface area (Å²) < 4.78 is 35.1. The molecule has 1 N–H and O–H groups in total. The van der Waals surface area contributed by atoms with Crippen molar-refractivity contribution in [2.45, 2.75) is 64.1 Å². The number of hydrogen-bond donors (Lipinski definition) is 1. The molecule has 0 bridgehead atoms. The fourth-order valence-electron chi connectivity index (χ4n) is 5.03. The van der Waals surface area contributed by atoms with Crippen molar-refractivity contribution in [3.05, 3.63) is 125 Å². The van der Waals surface area contributed by atoms with Gasteiger partial charge in [0.2, 0.25) is 11.8 Å². The third kappa shape index (κ3) is 9.83. The molecule has 8 nitrogen and oxygen atoms in total. The first-order valence-electron chi connectivity index (χ1n) is 15.5. The van der Waals surface area contributed by atoms with Crippen LogP contribution in [0.5, 0.6) is 5.75 Å². The van der Waals surface area contributed by atoms with Gasteiger partial charge in [-0.25, -0.2) is 8.42 Å². The van der Waals surface area contributed by atoms with Gasteiger partial charge in [-0.05, 0) is 94.3 Å². The van der Waals surface area contributed by atoms with E-state index in [1.54, 1.807) is 60.7 Å². The third-order valence-electron chi connectivity index (χ3n) is 7.36. The van der Waals surface area contributed by atoms with Gasteiger partial charge < -0.3 is 15.0 Å². The molecule has 0 aliphatic rings. The second-order valence-corrected chi connectivity index (χ2v) is 14.6. The first-order chi connectivity index (χ1) is 22.3. The number of nitrogens with one attached hydrogen (secondary N) is 1. The molecule has 0 aliphatic heterocycles. The molecule has 0 heterocycles. The minimum Gasteiger partial charge on any atom is -0.494 e. The van der Waals surface area contributed by atoms with Gasteiger partial charge in [0.15, 0.2) is 0 Å². The van der Waals surface area contributed by atoms with Crippen molar-refractivity contribution in [2.75, 3.05) is 17.5 Å². The summed E-state index contributed by atoms with van der Waals surface area (Å²) in [5.74, 6) is -0.325. The topological polar surface area (TPSA) is 96.0 Å². The summed E-state index contributed by atoms with van der Waals surface area (Å²) in [5, 5.41) is 3.57. The number of carbonyl (C=O) groups is 2. The first-order valence-corrected chi connectivity index (χ1v) is 17.3. The smallest absolute Gasteiger partial charge is 0.264 e. The largest absolute Gasteiger partial charge is 0.494 e. The molecule has 0 aliphatic carbocycles. The van der Waals surface area contributed by atoms with Crippen molar-refractivity contribution in [3.63, 3.8) is 0 Å². The maximum Gasteiger partial charge on any atom is 0.264 e. The first kappa shape index (κ1) is 35.5. The number of benzene rings is 4. The fourth-order valence-corrected chi connectivity index (χ4v) is 6.58. The van der Waals surface area contributed by atoms with Crippen molar-refractivity contribution < 1.29 is 22.7 Å². The lowest BCUT2D eigenvalue weighted by atomic mass is 10.0. The minimum absolute atomic E-state index is 0.0420. The number of amides is 2. The standard InChI is InChI=1S/C37H42ClN3O5S/c1-6-46-32-20-18-31(19-21-32)41(47(44,45)33-22-12-27(2)13-23-33)26-35(42)40(25-29-14-16-30(38)17-15-29)34(36(43)39-37(3,4)5)24-28-10-8-7-9-11-28/h7-23,34H,6,24-26H2,1-5H3,(H,39,43)/t34-/m1/s1. The summed E-state index contributed by atoms with van der Waals surface area (Å²) in [7, 11) is -4.21. The number of anilines is 1. The lowest BCUT2D eigenvalue weighted by Gasteiger charge is -2.35. The molecule has 248 valence electrons. The summed E-state index contributed by atoms with van der Waals surface area (Å²) in [6.07, 6.45) is 0.218. The molecule has 0 fully saturated rings. The Balaban J connectivity index is 1.81. The van der Waals surface area contributed by atoms with Crippen LogP contribution in [0.2, 0.25) is 5.02 Å². The third-order valence-corrected chi connectivity index (χ3v) is 9.40. The second-order valence-electron chi connectivity index (χ2n) is 12.3. The van der Waals surface area contributed by atoms with E-state index in [4.69, 9.17) is 16.3 Å². The molecule has 0 radical (unpaired) electrons. The zero-order valence-corrected chi connectivity index (χ0v) is 29.0. The Morgan fingerprint density at radius 2 is 1.47 bits per heavy atom. The van der Waals surface area contributed by atoms with Crippen LogP contribution in [0.1, 0.15) is 44.4 Å². The van der Waals surface area contributed by atoms with Crippen LogP contribution >= 0.6 is 11.6 Å². The molecule has 47 heavy (non-hydrogen) atoms. The maximum absolute atomic E-state index is 14.6. The zero-order valence-electron chi connectivity index (χ0n) is 27.4. The van der Waals surface area contributed by atoms with E-state index >= 15 is 0 Å². The molecule has 2 amide bonds. The number of sulfonamides is 1. The Morgan fingerprint density at radius 1 is 0.851 bits per heavy atom. The molecular weight excluding hydrogens is 634 g/mol. The molecule has 0 saturated heterocycles. The SMILES string of the molecule is CCOc1ccc(N(CC(=O)N(Cc2ccc(Cl)cc2)[C@H](Cc2ccccc2)C(=O)NC(C)(C)C)S(=O)(=O)c2ccc(C)cc2)cc1. The van der Waals surface area contributed by atoms with Gasteiger partial charge in [0, 0.05) is 23.5 Å². The van der Waals surface area contributed by atoms with Gasteiger partial charge in [-0.3, -0.25) is 13.9 Å². The minimum atomic E-state index is -4.21. The summed E-state index contributed by atoms with van der Waals surface area (Å²) in [5.41, 5.74) is 2.19. The van der Waals surface area contributed by atoms with Crippen LogP contribution in [0.3, 0.4) is 0 Å². The van der Waals surface area contributed by atoms with Crippen LogP contribution in [-0.4, -0.2) is 49.9 Å². The van der Waals surface area contributed by atoms with Gasteiger partial charge in [0.1, 0.15) is 18.3 Å². The zero-order chi connectivity index (χ0) is 34.2. The van der Waals surface area contributed by atoms with E-state index in [2.05, 4.69) is 5.32 Å². The average molecular weight is 676 g/mol. The number of hydrogen-bond acceptors (Lipinski definition) is 5. The van der Waals surface area contributed by atoms with Crippen molar-refractivity contribution in [3.8, 4) is 5.75 Å². The fraction of sp³-hybridized carbons (Fsp3) is 0.297. The van der Waals surface area contributed by atoms with Gasteiger partial charge in [-0.1, -0.05) is 71.8 Å². The summed E-state index contributed by atoms with van der Waals surface area (Å²) in [6, 6.07) is 28.5. The van der Waals surface area contributed by atoms with Crippen LogP contribution in [0, 0.1) is 6.92 Å². The Morgan fingerprint density at radius 3 is 2.04 bits per heavy atom. The van der Waals surface area contributed by atoms with Gasteiger partial charge in [-0.15, -0.1) is 0 Å². The highest BCUT2D eigenvalue weighted by Gasteiger charge is 2.35. The van der Waals surface area contributed by atoms with E-state index in [0.717, 1.165) is 21.0 Å². The van der Waals surface area contributed by atoms with E-state index in [0.29, 0.717) is 17.4 Å². The van der Waals surface area contributed by atoms with Crippen molar-refractivity contribution >= 4 is 39.1 Å². The monoisotopic (exact) mass is 675 g/mol. The summed E-state index contributed by atoms with van der Waals surface area (Å²) in [6.45, 7) is 9.29. The van der Waals surface area contributed by atoms with E-state index in [-0.39, 0.29) is 29.5 Å². The molecule has 0 spiro atoms. The van der Waals surface area contributed by atoms with Crippen LogP contribution in [0.15, 0.2) is 108 Å². The molecular formula is C37H42ClN3O5S. The molecule has 0 unspecified atom stereocenters. The molecule has 0 saturated carbocycles. The van der Waals surface area contributed by atoms with Crippen molar-refractivity contribution in [2.24, 2.45) is 0 Å². The van der Waals surface area contributed by atoms with Crippen molar-refractivity contribution in [1.82, 2.24) is 10.2 Å². The van der Waals surface area contributed by atoms with E-state index in [1.807, 2.05) is 65.0 Å². The average Bonchev–Trinajstić information content (AvgIpc) is 3.03. The van der Waals surface area contributed by atoms with Crippen LogP contribution in [0.4, 0.5) is 5.69 Å². The number of nitrogens with zero attached hydrogens (tertiary/aromatic N) is 2. The van der Waals surface area contributed by atoms with Crippen molar-refractivity contribution in [1.29, 1.82) is 0 Å². The van der Waals surface area contributed by atoms with Gasteiger partial charge in [0.05, 0.1) is 17.2 Å². The highest BCUT2D eigenvalue weighted by Crippen LogP contribution is 2.27. The highest BCUT2D eigenvalue weighted by atomic mass is 35.5. The number of ether oxygens (including phenoxy) is 1. The predicted molar refractivity (Wildman–Crippen MR) is 187 cm³/mol. The molecule has 4 aromatic rings. The van der Waals surface area contributed by atoms with Gasteiger partial charge in [0.25, 0.3) is 10.0 Å². The normalized spacial score (nSPS) is 12.2. The van der Waals surface area contributed by atoms with Gasteiger partial charge in [-0.2, -0.15) is 0 Å². The number of carbonyl (C=O) groups excluding carboxylic acids is 2.